The number of fused-ring (bicyclic) bond motifs is 1. The van der Waals surface area contributed by atoms with Gasteiger partial charge < -0.3 is 0 Å². The summed E-state index contributed by atoms with van der Waals surface area (Å²) in [5.41, 5.74) is 2.37. The van der Waals surface area contributed by atoms with E-state index in [0.29, 0.717) is 22.5 Å². The number of hydrogen-bond acceptors (Lipinski definition) is 3. The predicted molar refractivity (Wildman–Crippen MR) is 95.6 cm³/mol. The lowest BCUT2D eigenvalue weighted by molar-refractivity contribution is -0.117. The fourth-order valence-electron chi connectivity index (χ4n) is 2.90. The van der Waals surface area contributed by atoms with Gasteiger partial charge >= 0.3 is 0 Å². The van der Waals surface area contributed by atoms with Crippen LogP contribution in [-0.4, -0.2) is 15.6 Å². The van der Waals surface area contributed by atoms with Gasteiger partial charge in [0.15, 0.2) is 0 Å². The molecule has 0 amide bonds. The first-order valence-electron chi connectivity index (χ1n) is 7.67. The van der Waals surface area contributed by atoms with E-state index in [4.69, 9.17) is 11.6 Å². The van der Waals surface area contributed by atoms with Crippen LogP contribution in [-0.2, 0) is 24.7 Å². The minimum atomic E-state index is -0.160. The van der Waals surface area contributed by atoms with E-state index in [1.54, 1.807) is 19.2 Å². The Morgan fingerprint density at radius 2 is 1.83 bits per heavy atom. The molecule has 24 heavy (non-hydrogen) atoms. The van der Waals surface area contributed by atoms with Crippen LogP contribution in [0.1, 0.15) is 16.8 Å². The van der Waals surface area contributed by atoms with Gasteiger partial charge in [0.2, 0.25) is 0 Å². The lowest BCUT2D eigenvalue weighted by atomic mass is 10.0. The highest BCUT2D eigenvalue weighted by Gasteiger charge is 2.13. The lowest BCUT2D eigenvalue weighted by Crippen LogP contribution is -2.22. The molecule has 0 saturated carbocycles. The van der Waals surface area contributed by atoms with Crippen molar-refractivity contribution >= 4 is 28.2 Å². The van der Waals surface area contributed by atoms with Crippen molar-refractivity contribution in [2.24, 2.45) is 7.05 Å². The van der Waals surface area contributed by atoms with Gasteiger partial charge in [0, 0.05) is 23.9 Å². The Labute approximate surface area is 144 Å². The van der Waals surface area contributed by atoms with Crippen LogP contribution in [0.2, 0.25) is 5.02 Å². The van der Waals surface area contributed by atoms with Crippen molar-refractivity contribution in [3.63, 3.8) is 0 Å². The van der Waals surface area contributed by atoms with Crippen molar-refractivity contribution in [2.45, 2.75) is 19.8 Å². The number of aromatic nitrogens is 2. The Bertz CT molecular complexity index is 972. The molecule has 0 unspecified atom stereocenters. The van der Waals surface area contributed by atoms with Crippen molar-refractivity contribution < 1.29 is 4.79 Å². The number of carbonyl (C=O) groups is 1. The van der Waals surface area contributed by atoms with Crippen LogP contribution in [0.15, 0.2) is 47.3 Å². The molecule has 0 fully saturated rings. The molecule has 0 N–H and O–H groups in total. The molecule has 0 aliphatic heterocycles. The zero-order valence-electron chi connectivity index (χ0n) is 13.5. The highest BCUT2D eigenvalue weighted by molar-refractivity contribution is 6.30. The molecular formula is C19H17ClN2O2. The van der Waals surface area contributed by atoms with Gasteiger partial charge in [-0.05, 0) is 36.2 Å². The molecule has 0 saturated heterocycles. The fraction of sp³-hybridized carbons (Fsp3) is 0.211. The number of nitrogens with zero attached hydrogens (tertiary/aromatic N) is 2. The molecule has 2 aromatic carbocycles. The maximum Gasteiger partial charge on any atom is 0.274 e. The van der Waals surface area contributed by atoms with E-state index in [9.17, 15) is 9.59 Å². The molecule has 0 aliphatic rings. The molecule has 1 aromatic heterocycles. The summed E-state index contributed by atoms with van der Waals surface area (Å²) in [6, 6.07) is 12.9. The second kappa shape index (κ2) is 6.57. The van der Waals surface area contributed by atoms with Crippen LogP contribution in [0.25, 0.3) is 10.8 Å². The molecule has 0 bridgehead atoms. The molecule has 0 radical (unpaired) electrons. The highest BCUT2D eigenvalue weighted by atomic mass is 35.5. The number of aryl methyl sites for hydroxylation is 2. The second-order valence-corrected chi connectivity index (χ2v) is 6.39. The Kier molecular flexibility index (Phi) is 4.49. The SMILES string of the molecule is Cc1cc(Cl)cc(CC(=O)Cc2nn(C)c(=O)c3ccccc23)c1. The quantitative estimate of drug-likeness (QED) is 0.732. The van der Waals surface area contributed by atoms with E-state index in [-0.39, 0.29) is 17.8 Å². The predicted octanol–water partition coefficient (Wildman–Crippen LogP) is 3.25. The third kappa shape index (κ3) is 3.39. The molecule has 3 aromatic rings. The summed E-state index contributed by atoms with van der Waals surface area (Å²) in [4.78, 5) is 24.6. The first kappa shape index (κ1) is 16.4. The summed E-state index contributed by atoms with van der Waals surface area (Å²) in [6.45, 7) is 1.95. The van der Waals surface area contributed by atoms with E-state index in [1.165, 1.54) is 4.68 Å². The monoisotopic (exact) mass is 340 g/mol. The number of hydrogen-bond donors (Lipinski definition) is 0. The summed E-state index contributed by atoms with van der Waals surface area (Å²) in [6.07, 6.45) is 0.473. The molecule has 1 heterocycles. The van der Waals surface area contributed by atoms with Crippen molar-refractivity contribution in [3.8, 4) is 0 Å². The molecule has 0 atom stereocenters. The fourth-order valence-corrected chi connectivity index (χ4v) is 3.21. The summed E-state index contributed by atoms with van der Waals surface area (Å²) in [5, 5.41) is 6.22. The molecule has 0 aliphatic carbocycles. The zero-order chi connectivity index (χ0) is 17.3. The number of ketones is 1. The van der Waals surface area contributed by atoms with Crippen LogP contribution >= 0.6 is 11.6 Å². The van der Waals surface area contributed by atoms with Gasteiger partial charge in [-0.15, -0.1) is 0 Å². The number of Topliss-reactive ketones (excluding diaryl/α,β-unsaturated/α-hetero) is 1. The van der Waals surface area contributed by atoms with Crippen LogP contribution in [0.3, 0.4) is 0 Å². The molecule has 5 heteroatoms. The first-order valence-corrected chi connectivity index (χ1v) is 8.04. The minimum Gasteiger partial charge on any atom is -0.299 e. The number of benzene rings is 2. The van der Waals surface area contributed by atoms with Crippen LogP contribution < -0.4 is 5.56 Å². The van der Waals surface area contributed by atoms with Crippen LogP contribution in [0.5, 0.6) is 0 Å². The Morgan fingerprint density at radius 3 is 2.54 bits per heavy atom. The third-order valence-electron chi connectivity index (χ3n) is 3.90. The Balaban J connectivity index is 1.91. The summed E-state index contributed by atoms with van der Waals surface area (Å²) < 4.78 is 1.29. The summed E-state index contributed by atoms with van der Waals surface area (Å²) in [7, 11) is 1.60. The topological polar surface area (TPSA) is 52.0 Å². The van der Waals surface area contributed by atoms with Crippen molar-refractivity contribution in [2.75, 3.05) is 0 Å². The number of carbonyl (C=O) groups excluding carboxylic acids is 1. The summed E-state index contributed by atoms with van der Waals surface area (Å²) >= 11 is 6.05. The van der Waals surface area contributed by atoms with Crippen molar-refractivity contribution in [1.82, 2.24) is 9.78 Å². The van der Waals surface area contributed by atoms with E-state index < -0.39 is 0 Å². The minimum absolute atomic E-state index is 0.0352. The van der Waals surface area contributed by atoms with Crippen LogP contribution in [0.4, 0.5) is 0 Å². The van der Waals surface area contributed by atoms with Gasteiger partial charge in [0.1, 0.15) is 5.78 Å². The van der Waals surface area contributed by atoms with Gasteiger partial charge in [-0.25, -0.2) is 4.68 Å². The second-order valence-electron chi connectivity index (χ2n) is 5.95. The van der Waals surface area contributed by atoms with Gasteiger partial charge in [0.25, 0.3) is 5.56 Å². The Morgan fingerprint density at radius 1 is 1.12 bits per heavy atom. The van der Waals surface area contributed by atoms with E-state index in [0.717, 1.165) is 16.5 Å². The largest absolute Gasteiger partial charge is 0.299 e. The molecule has 4 nitrogen and oxygen atoms in total. The third-order valence-corrected chi connectivity index (χ3v) is 4.12. The molecule has 3 rings (SSSR count). The van der Waals surface area contributed by atoms with E-state index in [1.807, 2.05) is 37.3 Å². The van der Waals surface area contributed by atoms with Gasteiger partial charge in [-0.2, -0.15) is 5.10 Å². The summed E-state index contributed by atoms with van der Waals surface area (Å²) in [5.74, 6) is 0.0352. The number of halogens is 1. The molecular weight excluding hydrogens is 324 g/mol. The van der Waals surface area contributed by atoms with Crippen molar-refractivity contribution in [1.29, 1.82) is 0 Å². The van der Waals surface area contributed by atoms with Gasteiger partial charge in [0.05, 0.1) is 17.5 Å². The maximum atomic E-state index is 12.5. The molecule has 122 valence electrons. The smallest absolute Gasteiger partial charge is 0.274 e. The average molecular weight is 341 g/mol. The Hall–Kier alpha value is -2.46. The first-order chi connectivity index (χ1) is 11.4. The maximum absolute atomic E-state index is 12.5. The standard InChI is InChI=1S/C19H17ClN2O2/c1-12-7-13(9-14(20)8-12)10-15(23)11-18-16-5-3-4-6-17(16)19(24)22(2)21-18/h3-9H,10-11H2,1-2H3. The zero-order valence-corrected chi connectivity index (χ0v) is 14.3. The van der Waals surface area contributed by atoms with E-state index >= 15 is 0 Å². The average Bonchev–Trinajstić information content (AvgIpc) is 2.51. The molecule has 0 spiro atoms. The number of rotatable bonds is 4. The van der Waals surface area contributed by atoms with Gasteiger partial charge in [-0.3, -0.25) is 9.59 Å². The van der Waals surface area contributed by atoms with Crippen LogP contribution in [0, 0.1) is 6.92 Å². The normalized spacial score (nSPS) is 11.0. The van der Waals surface area contributed by atoms with Gasteiger partial charge in [-0.1, -0.05) is 35.9 Å². The van der Waals surface area contributed by atoms with Crippen molar-refractivity contribution in [3.05, 3.63) is 74.7 Å². The highest BCUT2D eigenvalue weighted by Crippen LogP contribution is 2.17. The lowest BCUT2D eigenvalue weighted by Gasteiger charge is -2.08. The van der Waals surface area contributed by atoms with E-state index in [2.05, 4.69) is 5.10 Å².